The summed E-state index contributed by atoms with van der Waals surface area (Å²) in [5.74, 6) is 0.586. The second-order valence-electron chi connectivity index (χ2n) is 4.31. The summed E-state index contributed by atoms with van der Waals surface area (Å²) in [5, 5.41) is 10.7. The van der Waals surface area contributed by atoms with Crippen LogP contribution in [0.25, 0.3) is 0 Å². The first-order valence-electron chi connectivity index (χ1n) is 6.04. The Kier molecular flexibility index (Phi) is 4.18. The molecule has 0 unspecified atom stereocenters. The smallest absolute Gasteiger partial charge is 0.292 e. The van der Waals surface area contributed by atoms with Crippen LogP contribution in [0, 0.1) is 10.1 Å². The van der Waals surface area contributed by atoms with Crippen molar-refractivity contribution in [3.63, 3.8) is 0 Å². The van der Waals surface area contributed by atoms with Crippen molar-refractivity contribution in [2.75, 3.05) is 17.6 Å². The van der Waals surface area contributed by atoms with Crippen LogP contribution >= 0.6 is 0 Å². The molecule has 2 rings (SSSR count). The van der Waals surface area contributed by atoms with Gasteiger partial charge in [-0.15, -0.1) is 0 Å². The first-order valence-corrected chi connectivity index (χ1v) is 7.52. The molecule has 3 N–H and O–H groups in total. The fourth-order valence-electron chi connectivity index (χ4n) is 1.74. The number of rotatable bonds is 5. The van der Waals surface area contributed by atoms with E-state index in [1.165, 1.54) is 19.2 Å². The molecule has 0 fully saturated rings. The normalized spacial score (nSPS) is 11.0. The number of methoxy groups -OCH3 is 1. The number of hydrogen-bond acceptors (Lipinski definition) is 6. The number of nitro groups is 1. The van der Waals surface area contributed by atoms with Gasteiger partial charge in [-0.25, -0.2) is 8.42 Å². The zero-order valence-electron chi connectivity index (χ0n) is 11.5. The van der Waals surface area contributed by atoms with Crippen LogP contribution in [0.5, 0.6) is 5.75 Å². The Bertz CT molecular complexity index is 803. The largest absolute Gasteiger partial charge is 0.497 e. The van der Waals surface area contributed by atoms with Crippen molar-refractivity contribution in [1.82, 2.24) is 0 Å². The number of nitrogens with zero attached hydrogens (tertiary/aromatic N) is 1. The monoisotopic (exact) mass is 323 g/mol. The first-order chi connectivity index (χ1) is 10.3. The second kappa shape index (κ2) is 5.90. The molecule has 0 aromatic heterocycles. The number of sulfonamides is 1. The Balaban J connectivity index is 2.29. The molecule has 0 amide bonds. The third kappa shape index (κ3) is 3.26. The van der Waals surface area contributed by atoms with Gasteiger partial charge in [-0.2, -0.15) is 0 Å². The summed E-state index contributed by atoms with van der Waals surface area (Å²) in [7, 11) is -2.39. The molecular weight excluding hydrogens is 310 g/mol. The van der Waals surface area contributed by atoms with E-state index >= 15 is 0 Å². The molecule has 0 aliphatic carbocycles. The molecule has 22 heavy (non-hydrogen) atoms. The molecule has 8 nitrogen and oxygen atoms in total. The minimum absolute atomic E-state index is 0.161. The molecule has 0 spiro atoms. The van der Waals surface area contributed by atoms with E-state index in [0.29, 0.717) is 11.4 Å². The van der Waals surface area contributed by atoms with Crippen molar-refractivity contribution < 1.29 is 18.1 Å². The summed E-state index contributed by atoms with van der Waals surface area (Å²) in [6.07, 6.45) is 0. The summed E-state index contributed by atoms with van der Waals surface area (Å²) in [6, 6.07) is 9.49. The highest BCUT2D eigenvalue weighted by Crippen LogP contribution is 2.26. The lowest BCUT2D eigenvalue weighted by molar-refractivity contribution is -0.383. The first kappa shape index (κ1) is 15.6. The molecule has 0 aliphatic heterocycles. The standard InChI is InChI=1S/C13H13N3O5S/c1-21-10-4-2-9(3-5-10)15-22(19,20)11-6-7-13(16(17)18)12(14)8-11/h2-8,15H,14H2,1H3. The van der Waals surface area contributed by atoms with Gasteiger partial charge in [0.15, 0.2) is 0 Å². The van der Waals surface area contributed by atoms with Gasteiger partial charge < -0.3 is 10.5 Å². The van der Waals surface area contributed by atoms with E-state index in [0.717, 1.165) is 18.2 Å². The van der Waals surface area contributed by atoms with E-state index < -0.39 is 14.9 Å². The van der Waals surface area contributed by atoms with E-state index in [1.807, 2.05) is 0 Å². The van der Waals surface area contributed by atoms with Crippen LogP contribution in [0.15, 0.2) is 47.4 Å². The Hall–Kier alpha value is -2.81. The van der Waals surface area contributed by atoms with Crippen molar-refractivity contribution in [2.24, 2.45) is 0 Å². The SMILES string of the molecule is COc1ccc(NS(=O)(=O)c2ccc([N+](=O)[O-])c(N)c2)cc1. The number of ether oxygens (including phenoxy) is 1. The number of nitrogen functional groups attached to an aromatic ring is 1. The number of nitrogens with two attached hydrogens (primary N) is 1. The van der Waals surface area contributed by atoms with E-state index in [-0.39, 0.29) is 16.3 Å². The molecule has 2 aromatic carbocycles. The fourth-order valence-corrected chi connectivity index (χ4v) is 2.83. The quantitative estimate of drug-likeness (QED) is 0.492. The Morgan fingerprint density at radius 2 is 1.82 bits per heavy atom. The van der Waals surface area contributed by atoms with Gasteiger partial charge in [0.1, 0.15) is 11.4 Å². The van der Waals surface area contributed by atoms with Crippen LogP contribution in [0.4, 0.5) is 17.1 Å². The average Bonchev–Trinajstić information content (AvgIpc) is 2.47. The summed E-state index contributed by atoms with van der Waals surface area (Å²) in [4.78, 5) is 9.84. The molecular formula is C13H13N3O5S. The number of hydrogen-bond donors (Lipinski definition) is 2. The van der Waals surface area contributed by atoms with Gasteiger partial charge in [0, 0.05) is 11.8 Å². The topological polar surface area (TPSA) is 125 Å². The second-order valence-corrected chi connectivity index (χ2v) is 5.99. The molecule has 0 aliphatic rings. The van der Waals surface area contributed by atoms with Crippen molar-refractivity contribution in [3.05, 3.63) is 52.6 Å². The third-order valence-corrected chi connectivity index (χ3v) is 4.23. The van der Waals surface area contributed by atoms with Crippen molar-refractivity contribution in [1.29, 1.82) is 0 Å². The van der Waals surface area contributed by atoms with E-state index in [4.69, 9.17) is 10.5 Å². The molecule has 0 atom stereocenters. The minimum atomic E-state index is -3.89. The minimum Gasteiger partial charge on any atom is -0.497 e. The lowest BCUT2D eigenvalue weighted by Crippen LogP contribution is -2.13. The van der Waals surface area contributed by atoms with Crippen molar-refractivity contribution in [3.8, 4) is 5.75 Å². The Morgan fingerprint density at radius 3 is 2.32 bits per heavy atom. The van der Waals surface area contributed by atoms with Gasteiger partial charge in [-0.3, -0.25) is 14.8 Å². The molecule has 0 heterocycles. The lowest BCUT2D eigenvalue weighted by atomic mass is 10.3. The van der Waals surface area contributed by atoms with E-state index in [9.17, 15) is 18.5 Å². The van der Waals surface area contributed by atoms with Crippen LogP contribution in [0.1, 0.15) is 0 Å². The van der Waals surface area contributed by atoms with Crippen LogP contribution in [-0.2, 0) is 10.0 Å². The number of anilines is 2. The van der Waals surface area contributed by atoms with Crippen LogP contribution in [0.3, 0.4) is 0 Å². The average molecular weight is 323 g/mol. The van der Waals surface area contributed by atoms with Crippen LogP contribution in [-0.4, -0.2) is 20.5 Å². The number of nitrogens with one attached hydrogen (secondary N) is 1. The molecule has 0 radical (unpaired) electrons. The van der Waals surface area contributed by atoms with E-state index in [1.54, 1.807) is 12.1 Å². The van der Waals surface area contributed by atoms with Crippen LogP contribution in [0.2, 0.25) is 0 Å². The summed E-state index contributed by atoms with van der Waals surface area (Å²) < 4.78 is 31.8. The zero-order valence-corrected chi connectivity index (χ0v) is 12.3. The lowest BCUT2D eigenvalue weighted by Gasteiger charge is -2.09. The summed E-state index contributed by atoms with van der Waals surface area (Å²) >= 11 is 0. The summed E-state index contributed by atoms with van der Waals surface area (Å²) in [6.45, 7) is 0. The van der Waals surface area contributed by atoms with Gasteiger partial charge in [0.05, 0.1) is 16.9 Å². The molecule has 2 aromatic rings. The number of benzene rings is 2. The third-order valence-electron chi connectivity index (χ3n) is 2.85. The molecule has 0 bridgehead atoms. The molecule has 116 valence electrons. The molecule has 0 saturated heterocycles. The maximum atomic E-state index is 12.2. The van der Waals surface area contributed by atoms with Crippen molar-refractivity contribution >= 4 is 27.1 Å². The van der Waals surface area contributed by atoms with Crippen molar-refractivity contribution in [2.45, 2.75) is 4.90 Å². The van der Waals surface area contributed by atoms with Gasteiger partial charge in [-0.05, 0) is 36.4 Å². The van der Waals surface area contributed by atoms with E-state index in [2.05, 4.69) is 4.72 Å². The van der Waals surface area contributed by atoms with Gasteiger partial charge >= 0.3 is 0 Å². The maximum absolute atomic E-state index is 12.2. The van der Waals surface area contributed by atoms with Crippen LogP contribution < -0.4 is 15.2 Å². The summed E-state index contributed by atoms with van der Waals surface area (Å²) in [5.41, 5.74) is 5.27. The predicted octanol–water partition coefficient (Wildman–Crippen LogP) is 1.99. The van der Waals surface area contributed by atoms with Gasteiger partial charge in [0.2, 0.25) is 0 Å². The zero-order chi connectivity index (χ0) is 16.3. The van der Waals surface area contributed by atoms with Gasteiger partial charge in [-0.1, -0.05) is 0 Å². The molecule has 0 saturated carbocycles. The number of nitro benzene ring substituents is 1. The Labute approximate surface area is 126 Å². The molecule has 9 heteroatoms. The van der Waals surface area contributed by atoms with Gasteiger partial charge in [0.25, 0.3) is 15.7 Å². The Morgan fingerprint density at radius 1 is 1.18 bits per heavy atom. The highest BCUT2D eigenvalue weighted by atomic mass is 32.2. The highest BCUT2D eigenvalue weighted by molar-refractivity contribution is 7.92. The fraction of sp³-hybridized carbons (Fsp3) is 0.0769. The highest BCUT2D eigenvalue weighted by Gasteiger charge is 2.19. The predicted molar refractivity (Wildman–Crippen MR) is 81.3 cm³/mol. The maximum Gasteiger partial charge on any atom is 0.292 e.